The third kappa shape index (κ3) is 3.98. The fourth-order valence-corrected chi connectivity index (χ4v) is 3.74. The van der Waals surface area contributed by atoms with Crippen LogP contribution in [0.2, 0.25) is 0 Å². The van der Waals surface area contributed by atoms with E-state index in [9.17, 15) is 0 Å². The summed E-state index contributed by atoms with van der Waals surface area (Å²) >= 11 is 0. The summed E-state index contributed by atoms with van der Waals surface area (Å²) < 4.78 is 5.77. The molecule has 2 aliphatic rings. The molecule has 0 heterocycles. The molecule has 2 saturated carbocycles. The van der Waals surface area contributed by atoms with Gasteiger partial charge in [-0.3, -0.25) is 0 Å². The highest BCUT2D eigenvalue weighted by Crippen LogP contribution is 2.41. The maximum Gasteiger partial charge on any atom is 0.0534 e. The van der Waals surface area contributed by atoms with Crippen molar-refractivity contribution in [3.8, 4) is 0 Å². The Morgan fingerprint density at radius 3 is 1.71 bits per heavy atom. The van der Waals surface area contributed by atoms with Crippen molar-refractivity contribution in [3.05, 3.63) is 5.92 Å². The van der Waals surface area contributed by atoms with E-state index in [1.165, 1.54) is 64.2 Å². The summed E-state index contributed by atoms with van der Waals surface area (Å²) in [5.41, 5.74) is 0. The summed E-state index contributed by atoms with van der Waals surface area (Å²) in [6, 6.07) is 0. The van der Waals surface area contributed by atoms with Crippen molar-refractivity contribution >= 4 is 0 Å². The fraction of sp³-hybridized carbons (Fsp3) is 0.938. The molecule has 0 aliphatic heterocycles. The highest BCUT2D eigenvalue weighted by molar-refractivity contribution is 5.03. The van der Waals surface area contributed by atoms with Gasteiger partial charge in [-0.2, -0.15) is 0 Å². The maximum atomic E-state index is 5.77. The van der Waals surface area contributed by atoms with Gasteiger partial charge in [0.25, 0.3) is 0 Å². The molecule has 2 fully saturated rings. The first-order chi connectivity index (χ1) is 8.42. The van der Waals surface area contributed by atoms with Gasteiger partial charge in [-0.15, -0.1) is 0 Å². The molecule has 1 radical (unpaired) electrons. The van der Waals surface area contributed by atoms with E-state index in [1.54, 1.807) is 5.92 Å². The molecule has 0 spiro atoms. The summed E-state index contributed by atoms with van der Waals surface area (Å²) in [6.45, 7) is 3.97. The molecule has 0 amide bonds. The molecule has 0 aromatic carbocycles. The van der Waals surface area contributed by atoms with Gasteiger partial charge in [0.2, 0.25) is 0 Å². The molecule has 99 valence electrons. The molecule has 0 unspecified atom stereocenters. The number of rotatable bonds is 5. The van der Waals surface area contributed by atoms with E-state index >= 15 is 0 Å². The summed E-state index contributed by atoms with van der Waals surface area (Å²) in [4.78, 5) is 0. The van der Waals surface area contributed by atoms with Crippen molar-refractivity contribution in [3.63, 3.8) is 0 Å². The van der Waals surface area contributed by atoms with Gasteiger partial charge in [-0.25, -0.2) is 0 Å². The van der Waals surface area contributed by atoms with Crippen LogP contribution in [0.5, 0.6) is 0 Å². The predicted octanol–water partition coefficient (Wildman–Crippen LogP) is 4.76. The second-order valence-electron chi connectivity index (χ2n) is 5.88. The predicted molar refractivity (Wildman–Crippen MR) is 72.9 cm³/mol. The van der Waals surface area contributed by atoms with E-state index < -0.39 is 0 Å². The summed E-state index contributed by atoms with van der Waals surface area (Å²) in [5, 5.41) is 0. The lowest BCUT2D eigenvalue weighted by Gasteiger charge is -2.37. The first-order valence-corrected chi connectivity index (χ1v) is 7.85. The Balaban J connectivity index is 1.90. The monoisotopic (exact) mass is 237 g/mol. The van der Waals surface area contributed by atoms with Crippen molar-refractivity contribution in [2.45, 2.75) is 71.1 Å². The SMILES string of the molecule is CCOC[C](C1CCCCC1)C1CCCCC1. The molecular formula is C16H29O. The lowest BCUT2D eigenvalue weighted by atomic mass is 9.70. The van der Waals surface area contributed by atoms with Gasteiger partial charge in [-0.05, 0) is 44.4 Å². The maximum absolute atomic E-state index is 5.77. The van der Waals surface area contributed by atoms with E-state index in [0.717, 1.165) is 25.0 Å². The van der Waals surface area contributed by atoms with Crippen molar-refractivity contribution in [2.24, 2.45) is 11.8 Å². The highest BCUT2D eigenvalue weighted by Gasteiger charge is 2.31. The molecule has 0 N–H and O–H groups in total. The Kier molecular flexibility index (Phi) is 5.84. The molecule has 2 aliphatic carbocycles. The average Bonchev–Trinajstić information content (AvgIpc) is 2.42. The number of hydrogen-bond donors (Lipinski definition) is 0. The number of ether oxygens (including phenoxy) is 1. The van der Waals surface area contributed by atoms with Crippen molar-refractivity contribution in [1.29, 1.82) is 0 Å². The largest absolute Gasteiger partial charge is 0.381 e. The molecule has 2 rings (SSSR count). The van der Waals surface area contributed by atoms with E-state index in [4.69, 9.17) is 4.74 Å². The van der Waals surface area contributed by atoms with Crippen LogP contribution in [-0.2, 0) is 4.74 Å². The van der Waals surface area contributed by atoms with Crippen LogP contribution < -0.4 is 0 Å². The standard InChI is InChI=1S/C16H29O/c1-2-17-13-16(14-9-5-3-6-10-14)15-11-7-4-8-12-15/h14-15H,2-13H2,1H3. The molecule has 17 heavy (non-hydrogen) atoms. The Morgan fingerprint density at radius 1 is 0.824 bits per heavy atom. The van der Waals surface area contributed by atoms with Crippen LogP contribution in [0.4, 0.5) is 0 Å². The third-order valence-electron chi connectivity index (χ3n) is 4.73. The van der Waals surface area contributed by atoms with Crippen LogP contribution in [0.25, 0.3) is 0 Å². The zero-order valence-corrected chi connectivity index (χ0v) is 11.5. The Morgan fingerprint density at radius 2 is 1.29 bits per heavy atom. The van der Waals surface area contributed by atoms with E-state index in [2.05, 4.69) is 6.92 Å². The number of hydrogen-bond acceptors (Lipinski definition) is 1. The van der Waals surface area contributed by atoms with Gasteiger partial charge >= 0.3 is 0 Å². The van der Waals surface area contributed by atoms with E-state index in [0.29, 0.717) is 0 Å². The highest BCUT2D eigenvalue weighted by atomic mass is 16.5. The average molecular weight is 237 g/mol. The van der Waals surface area contributed by atoms with Gasteiger partial charge in [-0.1, -0.05) is 38.5 Å². The summed E-state index contributed by atoms with van der Waals surface area (Å²) in [7, 11) is 0. The molecule has 1 nitrogen and oxygen atoms in total. The minimum Gasteiger partial charge on any atom is -0.381 e. The zero-order chi connectivity index (χ0) is 11.9. The topological polar surface area (TPSA) is 9.23 Å². The Hall–Kier alpha value is -0.0400. The minimum atomic E-state index is 0.878. The Labute approximate surface area is 107 Å². The fourth-order valence-electron chi connectivity index (χ4n) is 3.74. The van der Waals surface area contributed by atoms with Crippen LogP contribution in [-0.4, -0.2) is 13.2 Å². The van der Waals surface area contributed by atoms with Gasteiger partial charge in [0, 0.05) is 12.5 Å². The molecule has 0 aromatic heterocycles. The van der Waals surface area contributed by atoms with E-state index in [1.807, 2.05) is 0 Å². The van der Waals surface area contributed by atoms with Gasteiger partial charge < -0.3 is 4.74 Å². The molecule has 0 atom stereocenters. The minimum absolute atomic E-state index is 0.878. The van der Waals surface area contributed by atoms with Gasteiger partial charge in [0.15, 0.2) is 0 Å². The van der Waals surface area contributed by atoms with Crippen molar-refractivity contribution < 1.29 is 4.74 Å². The third-order valence-corrected chi connectivity index (χ3v) is 4.73. The molecular weight excluding hydrogens is 208 g/mol. The molecule has 0 saturated heterocycles. The second kappa shape index (κ2) is 7.41. The van der Waals surface area contributed by atoms with Crippen LogP contribution in [0.3, 0.4) is 0 Å². The summed E-state index contributed by atoms with van der Waals surface area (Å²) in [5.74, 6) is 3.60. The first-order valence-electron chi connectivity index (χ1n) is 7.85. The quantitative estimate of drug-likeness (QED) is 0.670. The van der Waals surface area contributed by atoms with Crippen LogP contribution in [0, 0.1) is 17.8 Å². The normalized spacial score (nSPS) is 24.4. The van der Waals surface area contributed by atoms with Crippen LogP contribution >= 0.6 is 0 Å². The second-order valence-corrected chi connectivity index (χ2v) is 5.88. The molecule has 0 aromatic rings. The van der Waals surface area contributed by atoms with E-state index in [-0.39, 0.29) is 0 Å². The molecule has 0 bridgehead atoms. The van der Waals surface area contributed by atoms with Crippen molar-refractivity contribution in [1.82, 2.24) is 0 Å². The Bertz CT molecular complexity index is 172. The summed E-state index contributed by atoms with van der Waals surface area (Å²) in [6.07, 6.45) is 14.5. The van der Waals surface area contributed by atoms with Crippen LogP contribution in [0.15, 0.2) is 0 Å². The van der Waals surface area contributed by atoms with Gasteiger partial charge in [0.05, 0.1) is 6.61 Å². The van der Waals surface area contributed by atoms with Crippen LogP contribution in [0.1, 0.15) is 71.1 Å². The van der Waals surface area contributed by atoms with Gasteiger partial charge in [0.1, 0.15) is 0 Å². The zero-order valence-electron chi connectivity index (χ0n) is 11.5. The molecule has 1 heteroatoms. The lowest BCUT2D eigenvalue weighted by molar-refractivity contribution is 0.117. The lowest BCUT2D eigenvalue weighted by Crippen LogP contribution is -2.29. The first kappa shape index (κ1) is 13.4. The van der Waals surface area contributed by atoms with Crippen molar-refractivity contribution in [2.75, 3.05) is 13.2 Å². The smallest absolute Gasteiger partial charge is 0.0534 e.